The Balaban J connectivity index is 1.97. The first-order valence-electron chi connectivity index (χ1n) is 7.43. The van der Waals surface area contributed by atoms with Gasteiger partial charge in [0, 0.05) is 24.8 Å². The molecule has 0 saturated heterocycles. The van der Waals surface area contributed by atoms with Crippen molar-refractivity contribution in [1.82, 2.24) is 9.88 Å². The summed E-state index contributed by atoms with van der Waals surface area (Å²) < 4.78 is 5.09. The van der Waals surface area contributed by atoms with E-state index in [1.165, 1.54) is 11.8 Å². The lowest BCUT2D eigenvalue weighted by Gasteiger charge is -2.16. The summed E-state index contributed by atoms with van der Waals surface area (Å²) in [5.74, 6) is -1.05. The van der Waals surface area contributed by atoms with Gasteiger partial charge in [0.1, 0.15) is 5.69 Å². The molecule has 0 aromatic carbocycles. The Morgan fingerprint density at radius 3 is 2.54 bits per heavy atom. The first kappa shape index (κ1) is 17.9. The number of carbonyl (C=O) groups excluding carboxylic acids is 3. The number of H-pyrrole nitrogens is 1. The number of Topliss-reactive ketones (excluding diaryl/α,β-unsaturated/α-hetero) is 1. The largest absolute Gasteiger partial charge is 0.451 e. The average molecular weight is 348 g/mol. The molecule has 1 amide bonds. The van der Waals surface area contributed by atoms with Crippen molar-refractivity contribution < 1.29 is 19.1 Å². The van der Waals surface area contributed by atoms with Gasteiger partial charge in [-0.05, 0) is 48.7 Å². The fourth-order valence-corrected chi connectivity index (χ4v) is 3.20. The quantitative estimate of drug-likeness (QED) is 0.643. The van der Waals surface area contributed by atoms with E-state index in [2.05, 4.69) is 4.98 Å². The Morgan fingerprint density at radius 2 is 2.00 bits per heavy atom. The summed E-state index contributed by atoms with van der Waals surface area (Å²) in [6, 6.07) is 1.94. The van der Waals surface area contributed by atoms with Crippen LogP contribution in [0.15, 0.2) is 16.8 Å². The number of nitrogens with one attached hydrogen (secondary N) is 1. The monoisotopic (exact) mass is 348 g/mol. The third-order valence-corrected chi connectivity index (χ3v) is 4.48. The minimum absolute atomic E-state index is 0.119. The van der Waals surface area contributed by atoms with Gasteiger partial charge in [-0.2, -0.15) is 11.3 Å². The van der Waals surface area contributed by atoms with Crippen LogP contribution in [0.2, 0.25) is 0 Å². The molecule has 0 saturated carbocycles. The van der Waals surface area contributed by atoms with Crippen LogP contribution in [0.5, 0.6) is 0 Å². The molecule has 2 rings (SSSR count). The smallest absolute Gasteiger partial charge is 0.355 e. The van der Waals surface area contributed by atoms with Gasteiger partial charge in [-0.1, -0.05) is 0 Å². The molecule has 0 radical (unpaired) electrons. The number of hydrogen-bond acceptors (Lipinski definition) is 5. The number of ketones is 1. The van der Waals surface area contributed by atoms with E-state index in [1.54, 1.807) is 32.2 Å². The van der Waals surface area contributed by atoms with Crippen LogP contribution < -0.4 is 0 Å². The van der Waals surface area contributed by atoms with Crippen molar-refractivity contribution in [2.24, 2.45) is 0 Å². The lowest BCUT2D eigenvalue weighted by Crippen LogP contribution is -2.30. The highest BCUT2D eigenvalue weighted by Gasteiger charge is 2.22. The van der Waals surface area contributed by atoms with Gasteiger partial charge in [0.15, 0.2) is 12.4 Å². The number of carbonyl (C=O) groups is 3. The summed E-state index contributed by atoms with van der Waals surface area (Å²) in [5, 5.41) is 3.90. The maximum absolute atomic E-state index is 12.2. The van der Waals surface area contributed by atoms with Crippen molar-refractivity contribution in [2.75, 3.05) is 13.7 Å². The number of aryl methyl sites for hydroxylation is 1. The minimum Gasteiger partial charge on any atom is -0.451 e. The first-order valence-corrected chi connectivity index (χ1v) is 8.37. The Labute approximate surface area is 144 Å². The summed E-state index contributed by atoms with van der Waals surface area (Å²) in [7, 11) is 1.66. The molecule has 1 N–H and O–H groups in total. The SMILES string of the molecule is CC(=O)c1c(C)[nH]c(C(=O)OCC(=O)N(C)Cc2ccsc2)c1C. The van der Waals surface area contributed by atoms with Crippen molar-refractivity contribution in [3.05, 3.63) is 44.9 Å². The molecule has 0 aliphatic carbocycles. The van der Waals surface area contributed by atoms with Gasteiger partial charge in [-0.25, -0.2) is 4.79 Å². The van der Waals surface area contributed by atoms with Crippen LogP contribution in [-0.2, 0) is 16.1 Å². The Hall–Kier alpha value is -2.41. The van der Waals surface area contributed by atoms with Crippen molar-refractivity contribution in [3.63, 3.8) is 0 Å². The molecule has 2 aromatic heterocycles. The molecule has 0 aliphatic rings. The number of thiophene rings is 1. The standard InChI is InChI=1S/C17H20N2O4S/c1-10-15(12(3)20)11(2)18-16(10)17(22)23-8-14(21)19(4)7-13-5-6-24-9-13/h5-6,9,18H,7-8H2,1-4H3. The maximum atomic E-state index is 12.2. The molecule has 0 spiro atoms. The van der Waals surface area contributed by atoms with Crippen LogP contribution >= 0.6 is 11.3 Å². The van der Waals surface area contributed by atoms with Crippen molar-refractivity contribution in [2.45, 2.75) is 27.3 Å². The van der Waals surface area contributed by atoms with Gasteiger partial charge in [0.05, 0.1) is 0 Å². The number of esters is 1. The van der Waals surface area contributed by atoms with Crippen LogP contribution in [0.25, 0.3) is 0 Å². The summed E-state index contributed by atoms with van der Waals surface area (Å²) in [6.45, 7) is 4.98. The predicted octanol–water partition coefficient (Wildman–Crippen LogP) is 2.71. The van der Waals surface area contributed by atoms with E-state index in [0.717, 1.165) is 5.56 Å². The molecular formula is C17H20N2O4S. The summed E-state index contributed by atoms with van der Waals surface area (Å²) in [4.78, 5) is 40.2. The highest BCUT2D eigenvalue weighted by Crippen LogP contribution is 2.19. The molecule has 0 fully saturated rings. The highest BCUT2D eigenvalue weighted by atomic mass is 32.1. The van der Waals surface area contributed by atoms with E-state index in [9.17, 15) is 14.4 Å². The maximum Gasteiger partial charge on any atom is 0.355 e. The molecule has 6 nitrogen and oxygen atoms in total. The molecule has 2 heterocycles. The molecule has 0 unspecified atom stereocenters. The number of ether oxygens (including phenoxy) is 1. The van der Waals surface area contributed by atoms with Crippen LogP contribution in [0.4, 0.5) is 0 Å². The van der Waals surface area contributed by atoms with Crippen LogP contribution in [-0.4, -0.2) is 41.2 Å². The second-order valence-corrected chi connectivity index (χ2v) is 6.42. The fourth-order valence-electron chi connectivity index (χ4n) is 2.54. The van der Waals surface area contributed by atoms with E-state index in [4.69, 9.17) is 4.74 Å². The molecule has 24 heavy (non-hydrogen) atoms. The predicted molar refractivity (Wildman–Crippen MR) is 91.3 cm³/mol. The fraction of sp³-hybridized carbons (Fsp3) is 0.353. The number of rotatable bonds is 6. The van der Waals surface area contributed by atoms with E-state index >= 15 is 0 Å². The topological polar surface area (TPSA) is 79.5 Å². The van der Waals surface area contributed by atoms with Crippen LogP contribution in [0.3, 0.4) is 0 Å². The molecule has 0 bridgehead atoms. The summed E-state index contributed by atoms with van der Waals surface area (Å²) in [5.41, 5.74) is 2.90. The lowest BCUT2D eigenvalue weighted by atomic mass is 10.1. The number of aromatic nitrogens is 1. The van der Waals surface area contributed by atoms with Gasteiger partial charge in [-0.15, -0.1) is 0 Å². The Morgan fingerprint density at radius 1 is 1.29 bits per heavy atom. The number of amides is 1. The third kappa shape index (κ3) is 3.91. The highest BCUT2D eigenvalue weighted by molar-refractivity contribution is 7.07. The Kier molecular flexibility index (Phi) is 5.56. The van der Waals surface area contributed by atoms with Gasteiger partial charge >= 0.3 is 5.97 Å². The zero-order valence-corrected chi connectivity index (χ0v) is 15.0. The molecule has 0 aliphatic heterocycles. The zero-order chi connectivity index (χ0) is 17.9. The molecule has 2 aromatic rings. The number of aromatic amines is 1. The normalized spacial score (nSPS) is 10.5. The second kappa shape index (κ2) is 7.44. The number of nitrogens with zero attached hydrogens (tertiary/aromatic N) is 1. The van der Waals surface area contributed by atoms with Crippen molar-refractivity contribution in [1.29, 1.82) is 0 Å². The van der Waals surface area contributed by atoms with E-state index < -0.39 is 5.97 Å². The second-order valence-electron chi connectivity index (χ2n) is 5.64. The lowest BCUT2D eigenvalue weighted by molar-refractivity contribution is -0.133. The molecule has 128 valence electrons. The summed E-state index contributed by atoms with van der Waals surface area (Å²) >= 11 is 1.56. The molecule has 0 atom stereocenters. The van der Waals surface area contributed by atoms with E-state index in [1.807, 2.05) is 16.8 Å². The van der Waals surface area contributed by atoms with Gasteiger partial charge in [-0.3, -0.25) is 9.59 Å². The third-order valence-electron chi connectivity index (χ3n) is 3.75. The van der Waals surface area contributed by atoms with Crippen molar-refractivity contribution >= 4 is 29.0 Å². The Bertz CT molecular complexity index is 762. The van der Waals surface area contributed by atoms with E-state index in [0.29, 0.717) is 23.4 Å². The van der Waals surface area contributed by atoms with Crippen LogP contribution in [0.1, 0.15) is 44.6 Å². The van der Waals surface area contributed by atoms with Gasteiger partial charge in [0.2, 0.25) is 0 Å². The van der Waals surface area contributed by atoms with Gasteiger partial charge < -0.3 is 14.6 Å². The van der Waals surface area contributed by atoms with E-state index in [-0.39, 0.29) is 24.0 Å². The minimum atomic E-state index is -0.639. The zero-order valence-electron chi connectivity index (χ0n) is 14.1. The van der Waals surface area contributed by atoms with Gasteiger partial charge in [0.25, 0.3) is 5.91 Å². The summed E-state index contributed by atoms with van der Waals surface area (Å²) in [6.07, 6.45) is 0. The van der Waals surface area contributed by atoms with Crippen molar-refractivity contribution in [3.8, 4) is 0 Å². The van der Waals surface area contributed by atoms with Crippen LogP contribution in [0, 0.1) is 13.8 Å². The molecular weight excluding hydrogens is 328 g/mol. The molecule has 7 heteroatoms. The average Bonchev–Trinajstić information content (AvgIpc) is 3.12. The first-order chi connectivity index (χ1) is 11.3. The number of hydrogen-bond donors (Lipinski definition) is 1. The number of likely N-dealkylation sites (N-methyl/N-ethyl adjacent to an activating group) is 1.